The number of hydrogen-bond acceptors (Lipinski definition) is 3. The van der Waals surface area contributed by atoms with Gasteiger partial charge in [0.25, 0.3) is 0 Å². The fraction of sp³-hybridized carbons (Fsp3) is 0.308. The molecule has 0 aliphatic carbocycles. The monoisotopic (exact) mass is 232 g/mol. The van der Waals surface area contributed by atoms with Gasteiger partial charge in [0, 0.05) is 23.4 Å². The largest absolute Gasteiger partial charge is 0.312 e. The molecule has 0 fully saturated rings. The maximum atomic E-state index is 4.38. The molecule has 0 saturated heterocycles. The predicted molar refractivity (Wildman–Crippen MR) is 71.9 cm³/mol. The van der Waals surface area contributed by atoms with Gasteiger partial charge in [-0.2, -0.15) is 11.8 Å². The van der Waals surface area contributed by atoms with Gasteiger partial charge in [0.05, 0.1) is 5.52 Å². The first-order chi connectivity index (χ1) is 7.85. The Bertz CT molecular complexity index is 470. The van der Waals surface area contributed by atoms with Crippen LogP contribution in [-0.2, 0) is 0 Å². The van der Waals surface area contributed by atoms with Gasteiger partial charge >= 0.3 is 0 Å². The second kappa shape index (κ2) is 5.32. The highest BCUT2D eigenvalue weighted by Gasteiger charge is 2.08. The summed E-state index contributed by atoms with van der Waals surface area (Å²) >= 11 is 1.85. The molecule has 0 amide bonds. The van der Waals surface area contributed by atoms with Crippen LogP contribution in [0.15, 0.2) is 36.5 Å². The lowest BCUT2D eigenvalue weighted by molar-refractivity contribution is 0.663. The number of hydrogen-bond donors (Lipinski definition) is 1. The fourth-order valence-corrected chi connectivity index (χ4v) is 2.51. The van der Waals surface area contributed by atoms with Crippen molar-refractivity contribution in [2.45, 2.75) is 6.04 Å². The minimum absolute atomic E-state index is 0.404. The van der Waals surface area contributed by atoms with Crippen LogP contribution in [-0.4, -0.2) is 24.0 Å². The molecule has 1 atom stereocenters. The van der Waals surface area contributed by atoms with Gasteiger partial charge in [0.1, 0.15) is 0 Å². The third-order valence-corrected chi connectivity index (χ3v) is 3.38. The second-order valence-electron chi connectivity index (χ2n) is 3.75. The first-order valence-electron chi connectivity index (χ1n) is 5.36. The topological polar surface area (TPSA) is 24.9 Å². The summed E-state index contributed by atoms with van der Waals surface area (Å²) in [5.41, 5.74) is 2.38. The number of thioether (sulfide) groups is 1. The molecule has 1 unspecified atom stereocenters. The van der Waals surface area contributed by atoms with E-state index in [2.05, 4.69) is 40.8 Å². The summed E-state index contributed by atoms with van der Waals surface area (Å²) in [7, 11) is 2.00. The quantitative estimate of drug-likeness (QED) is 0.877. The average Bonchev–Trinajstić information content (AvgIpc) is 2.35. The van der Waals surface area contributed by atoms with Crippen LogP contribution in [0.3, 0.4) is 0 Å². The summed E-state index contributed by atoms with van der Waals surface area (Å²) < 4.78 is 0. The zero-order valence-electron chi connectivity index (χ0n) is 9.60. The molecule has 1 aromatic heterocycles. The molecule has 0 aliphatic heterocycles. The van der Waals surface area contributed by atoms with Crippen molar-refractivity contribution in [3.63, 3.8) is 0 Å². The standard InChI is InChI=1S/C13H16N2S/c1-14-13(9-16-2)11-6-5-10-4-3-7-15-12(10)8-11/h3-8,13-14H,9H2,1-2H3. The highest BCUT2D eigenvalue weighted by molar-refractivity contribution is 7.98. The molecule has 1 heterocycles. The Morgan fingerprint density at radius 2 is 2.25 bits per heavy atom. The van der Waals surface area contributed by atoms with E-state index in [0.717, 1.165) is 11.3 Å². The van der Waals surface area contributed by atoms with Gasteiger partial charge < -0.3 is 5.32 Å². The second-order valence-corrected chi connectivity index (χ2v) is 4.66. The number of rotatable bonds is 4. The number of benzene rings is 1. The van der Waals surface area contributed by atoms with Gasteiger partial charge in [-0.3, -0.25) is 4.98 Å². The summed E-state index contributed by atoms with van der Waals surface area (Å²) in [5, 5.41) is 4.53. The van der Waals surface area contributed by atoms with Crippen molar-refractivity contribution >= 4 is 22.7 Å². The van der Waals surface area contributed by atoms with E-state index in [0.29, 0.717) is 6.04 Å². The van der Waals surface area contributed by atoms with Gasteiger partial charge in [-0.1, -0.05) is 18.2 Å². The highest BCUT2D eigenvalue weighted by atomic mass is 32.2. The molecule has 0 saturated carbocycles. The third-order valence-electron chi connectivity index (χ3n) is 2.71. The lowest BCUT2D eigenvalue weighted by atomic mass is 10.1. The average molecular weight is 232 g/mol. The van der Waals surface area contributed by atoms with E-state index < -0.39 is 0 Å². The summed E-state index contributed by atoms with van der Waals surface area (Å²) in [6.07, 6.45) is 3.97. The Labute approximate surface area is 100 Å². The van der Waals surface area contributed by atoms with Crippen LogP contribution in [0.4, 0.5) is 0 Å². The first-order valence-corrected chi connectivity index (χ1v) is 6.75. The third kappa shape index (κ3) is 2.36. The van der Waals surface area contributed by atoms with Crippen LogP contribution in [0, 0.1) is 0 Å². The highest BCUT2D eigenvalue weighted by Crippen LogP contribution is 2.20. The fourth-order valence-electron chi connectivity index (χ4n) is 1.81. The molecule has 2 nitrogen and oxygen atoms in total. The molecular formula is C13H16N2S. The van der Waals surface area contributed by atoms with Crippen molar-refractivity contribution in [2.75, 3.05) is 19.1 Å². The summed E-state index contributed by atoms with van der Waals surface area (Å²) in [6, 6.07) is 11.0. The number of aromatic nitrogens is 1. The van der Waals surface area contributed by atoms with Crippen LogP contribution in [0.5, 0.6) is 0 Å². The van der Waals surface area contributed by atoms with E-state index in [1.54, 1.807) is 0 Å². The number of fused-ring (bicyclic) bond motifs is 1. The van der Waals surface area contributed by atoms with E-state index in [1.807, 2.05) is 31.1 Å². The normalized spacial score (nSPS) is 12.9. The molecule has 0 radical (unpaired) electrons. The van der Waals surface area contributed by atoms with Gasteiger partial charge in [-0.25, -0.2) is 0 Å². The Balaban J connectivity index is 2.37. The molecule has 84 valence electrons. The minimum atomic E-state index is 0.404. The molecule has 2 rings (SSSR count). The Morgan fingerprint density at radius 1 is 1.38 bits per heavy atom. The molecule has 0 spiro atoms. The van der Waals surface area contributed by atoms with Gasteiger partial charge in [0.2, 0.25) is 0 Å². The van der Waals surface area contributed by atoms with Crippen molar-refractivity contribution in [2.24, 2.45) is 0 Å². The molecule has 2 aromatic rings. The summed E-state index contributed by atoms with van der Waals surface area (Å²) in [5.74, 6) is 1.08. The Kier molecular flexibility index (Phi) is 3.80. The van der Waals surface area contributed by atoms with Crippen molar-refractivity contribution in [3.05, 3.63) is 42.1 Å². The molecule has 1 N–H and O–H groups in total. The minimum Gasteiger partial charge on any atom is -0.312 e. The Hall–Kier alpha value is -1.06. The van der Waals surface area contributed by atoms with Crippen molar-refractivity contribution < 1.29 is 0 Å². The van der Waals surface area contributed by atoms with E-state index >= 15 is 0 Å². The van der Waals surface area contributed by atoms with Crippen molar-refractivity contribution in [1.29, 1.82) is 0 Å². The van der Waals surface area contributed by atoms with Gasteiger partial charge in [0.15, 0.2) is 0 Å². The summed E-state index contributed by atoms with van der Waals surface area (Å²) in [6.45, 7) is 0. The van der Waals surface area contributed by atoms with E-state index in [1.165, 1.54) is 10.9 Å². The molecule has 3 heteroatoms. The van der Waals surface area contributed by atoms with E-state index in [9.17, 15) is 0 Å². The smallest absolute Gasteiger partial charge is 0.0705 e. The van der Waals surface area contributed by atoms with Gasteiger partial charge in [-0.05, 0) is 31.0 Å². The van der Waals surface area contributed by atoms with Crippen molar-refractivity contribution in [1.82, 2.24) is 10.3 Å². The zero-order chi connectivity index (χ0) is 11.4. The van der Waals surface area contributed by atoms with E-state index in [-0.39, 0.29) is 0 Å². The summed E-state index contributed by atoms with van der Waals surface area (Å²) in [4.78, 5) is 4.38. The lowest BCUT2D eigenvalue weighted by Crippen LogP contribution is -2.18. The Morgan fingerprint density at radius 3 is 3.00 bits per heavy atom. The molecule has 0 bridgehead atoms. The number of pyridine rings is 1. The zero-order valence-corrected chi connectivity index (χ0v) is 10.4. The maximum absolute atomic E-state index is 4.38. The van der Waals surface area contributed by atoms with Crippen LogP contribution < -0.4 is 5.32 Å². The first kappa shape index (κ1) is 11.4. The van der Waals surface area contributed by atoms with Crippen LogP contribution in [0.25, 0.3) is 10.9 Å². The van der Waals surface area contributed by atoms with Crippen LogP contribution in [0.1, 0.15) is 11.6 Å². The van der Waals surface area contributed by atoms with Crippen LogP contribution in [0.2, 0.25) is 0 Å². The molecule has 16 heavy (non-hydrogen) atoms. The van der Waals surface area contributed by atoms with Crippen LogP contribution >= 0.6 is 11.8 Å². The predicted octanol–water partition coefficient (Wildman–Crippen LogP) is 2.86. The SMILES string of the molecule is CNC(CSC)c1ccc2cccnc2c1. The lowest BCUT2D eigenvalue weighted by Gasteiger charge is -2.15. The van der Waals surface area contributed by atoms with Crippen molar-refractivity contribution in [3.8, 4) is 0 Å². The maximum Gasteiger partial charge on any atom is 0.0705 e. The molecule has 1 aromatic carbocycles. The molecule has 0 aliphatic rings. The number of nitrogens with zero attached hydrogens (tertiary/aromatic N) is 1. The molecular weight excluding hydrogens is 216 g/mol. The van der Waals surface area contributed by atoms with E-state index in [4.69, 9.17) is 0 Å². The van der Waals surface area contributed by atoms with Gasteiger partial charge in [-0.15, -0.1) is 0 Å². The number of nitrogens with one attached hydrogen (secondary N) is 1.